The lowest BCUT2D eigenvalue weighted by molar-refractivity contribution is -0.153. The van der Waals surface area contributed by atoms with Crippen molar-refractivity contribution in [3.05, 3.63) is 108 Å². The zero-order valence-corrected chi connectivity index (χ0v) is 28.6. The Labute approximate surface area is 294 Å². The predicted octanol–water partition coefficient (Wildman–Crippen LogP) is 4.90. The summed E-state index contributed by atoms with van der Waals surface area (Å²) in [6.45, 7) is 4.42. The molecule has 50 heavy (non-hydrogen) atoms. The fourth-order valence-corrected chi connectivity index (χ4v) is 7.58. The summed E-state index contributed by atoms with van der Waals surface area (Å²) < 4.78 is 6.01. The highest BCUT2D eigenvalue weighted by atomic mass is 16.5. The normalized spacial score (nSPS) is 21.5. The van der Waals surface area contributed by atoms with Crippen molar-refractivity contribution in [2.24, 2.45) is 11.8 Å². The minimum Gasteiger partial charge on any atom is -0.457 e. The van der Waals surface area contributed by atoms with E-state index < -0.39 is 12.1 Å². The molecule has 9 heteroatoms. The molecule has 0 bridgehead atoms. The van der Waals surface area contributed by atoms with Gasteiger partial charge in [0.25, 0.3) is 0 Å². The average Bonchev–Trinajstić information content (AvgIpc) is 3.16. The highest BCUT2D eigenvalue weighted by Gasteiger charge is 2.43. The van der Waals surface area contributed by atoms with Gasteiger partial charge in [-0.1, -0.05) is 72.8 Å². The number of hydrogen-bond acceptors (Lipinski definition) is 6. The molecule has 3 N–H and O–H groups in total. The Morgan fingerprint density at radius 3 is 2.24 bits per heavy atom. The molecular weight excluding hydrogens is 626 g/mol. The molecule has 9 nitrogen and oxygen atoms in total. The van der Waals surface area contributed by atoms with Gasteiger partial charge in [-0.2, -0.15) is 0 Å². The number of fused-ring (bicyclic) bond motifs is 1. The van der Waals surface area contributed by atoms with Crippen LogP contribution in [0.4, 0.5) is 0 Å². The molecule has 0 aliphatic carbocycles. The summed E-state index contributed by atoms with van der Waals surface area (Å²) >= 11 is 0. The molecule has 0 aromatic heterocycles. The lowest BCUT2D eigenvalue weighted by Gasteiger charge is -2.42. The van der Waals surface area contributed by atoms with Crippen LogP contribution in [0, 0.1) is 11.8 Å². The maximum atomic E-state index is 14.5. The van der Waals surface area contributed by atoms with Crippen molar-refractivity contribution >= 4 is 28.5 Å². The number of benzene rings is 4. The van der Waals surface area contributed by atoms with Crippen LogP contribution in [0.3, 0.4) is 0 Å². The molecule has 3 amide bonds. The van der Waals surface area contributed by atoms with Crippen LogP contribution in [0.2, 0.25) is 0 Å². The van der Waals surface area contributed by atoms with Crippen LogP contribution in [0.25, 0.3) is 10.8 Å². The SMILES string of the molecule is O=C1N[C@@H](Cc2ccc3ccccc3c2)C(=O)N(Cc2ccc(Oc3ccccc3)cc2)[C@H]1CN(CC1CCNCC1)C(=O)C1CCCNC1. The van der Waals surface area contributed by atoms with Crippen molar-refractivity contribution < 1.29 is 19.1 Å². The number of piperidine rings is 2. The highest BCUT2D eigenvalue weighted by molar-refractivity contribution is 5.97. The molecule has 4 aromatic carbocycles. The molecule has 7 rings (SSSR count). The number of rotatable bonds is 11. The number of hydrogen-bond donors (Lipinski definition) is 3. The van der Waals surface area contributed by atoms with E-state index in [0.717, 1.165) is 73.0 Å². The van der Waals surface area contributed by atoms with Crippen LogP contribution in [0.15, 0.2) is 97.1 Å². The average molecular weight is 674 g/mol. The first-order valence-electron chi connectivity index (χ1n) is 18.1. The number of ether oxygens (including phenoxy) is 1. The molecule has 3 atom stereocenters. The third-order valence-corrected chi connectivity index (χ3v) is 10.4. The summed E-state index contributed by atoms with van der Waals surface area (Å²) in [7, 11) is 0. The Morgan fingerprint density at radius 2 is 1.48 bits per heavy atom. The van der Waals surface area contributed by atoms with Gasteiger partial charge in [0.15, 0.2) is 0 Å². The minimum absolute atomic E-state index is 0.0802. The first kappa shape index (κ1) is 33.8. The van der Waals surface area contributed by atoms with Crippen molar-refractivity contribution in [3.8, 4) is 11.5 Å². The first-order chi connectivity index (χ1) is 24.5. The number of amides is 3. The van der Waals surface area contributed by atoms with Crippen LogP contribution >= 0.6 is 0 Å². The van der Waals surface area contributed by atoms with Crippen molar-refractivity contribution in [2.75, 3.05) is 39.3 Å². The van der Waals surface area contributed by atoms with Gasteiger partial charge in [-0.05, 0) is 97.4 Å². The van der Waals surface area contributed by atoms with Crippen LogP contribution in [0.1, 0.15) is 36.8 Å². The Morgan fingerprint density at radius 1 is 0.760 bits per heavy atom. The van der Waals surface area contributed by atoms with Gasteiger partial charge in [-0.25, -0.2) is 0 Å². The Hall–Kier alpha value is -4.73. The number of nitrogens with zero attached hydrogens (tertiary/aromatic N) is 2. The Kier molecular flexibility index (Phi) is 10.7. The fraction of sp³-hybridized carbons (Fsp3) is 0.390. The summed E-state index contributed by atoms with van der Waals surface area (Å²) in [6, 6.07) is 30.1. The number of para-hydroxylation sites is 1. The molecule has 0 spiro atoms. The van der Waals surface area contributed by atoms with Gasteiger partial charge in [0.05, 0.1) is 12.5 Å². The van der Waals surface area contributed by atoms with Gasteiger partial charge in [-0.3, -0.25) is 14.4 Å². The number of carbonyl (C=O) groups is 3. The summed E-state index contributed by atoms with van der Waals surface area (Å²) in [5, 5.41) is 12.1. The summed E-state index contributed by atoms with van der Waals surface area (Å²) in [5.74, 6) is 1.38. The van der Waals surface area contributed by atoms with Crippen LogP contribution in [-0.2, 0) is 27.3 Å². The van der Waals surface area contributed by atoms with Crippen molar-refractivity contribution in [2.45, 2.75) is 50.7 Å². The molecule has 0 radical (unpaired) electrons. The van der Waals surface area contributed by atoms with Gasteiger partial charge >= 0.3 is 0 Å². The summed E-state index contributed by atoms with van der Waals surface area (Å²) in [4.78, 5) is 46.4. The molecule has 260 valence electrons. The zero-order valence-electron chi connectivity index (χ0n) is 28.6. The second-order valence-corrected chi connectivity index (χ2v) is 14.0. The second kappa shape index (κ2) is 15.9. The second-order valence-electron chi connectivity index (χ2n) is 14.0. The quantitative estimate of drug-likeness (QED) is 0.210. The van der Waals surface area contributed by atoms with E-state index in [0.29, 0.717) is 31.2 Å². The van der Waals surface area contributed by atoms with E-state index in [-0.39, 0.29) is 36.7 Å². The van der Waals surface area contributed by atoms with Crippen molar-refractivity contribution in [1.29, 1.82) is 0 Å². The van der Waals surface area contributed by atoms with Gasteiger partial charge in [-0.15, -0.1) is 0 Å². The van der Waals surface area contributed by atoms with E-state index in [1.807, 2.05) is 77.7 Å². The monoisotopic (exact) mass is 673 g/mol. The molecular formula is C41H47N5O4. The summed E-state index contributed by atoms with van der Waals surface area (Å²) in [5.41, 5.74) is 1.87. The van der Waals surface area contributed by atoms with Crippen molar-refractivity contribution in [3.63, 3.8) is 0 Å². The third kappa shape index (κ3) is 8.17. The molecule has 3 heterocycles. The van der Waals surface area contributed by atoms with Gasteiger partial charge in [0, 0.05) is 26.1 Å². The van der Waals surface area contributed by atoms with Crippen molar-refractivity contribution in [1.82, 2.24) is 25.8 Å². The van der Waals surface area contributed by atoms with E-state index in [4.69, 9.17) is 4.74 Å². The van der Waals surface area contributed by atoms with E-state index in [9.17, 15) is 14.4 Å². The topological polar surface area (TPSA) is 103 Å². The largest absolute Gasteiger partial charge is 0.457 e. The van der Waals surface area contributed by atoms with Gasteiger partial charge in [0.1, 0.15) is 23.6 Å². The maximum absolute atomic E-state index is 14.5. The third-order valence-electron chi connectivity index (χ3n) is 10.4. The van der Waals surface area contributed by atoms with Crippen LogP contribution in [-0.4, -0.2) is 78.9 Å². The number of piperazine rings is 1. The zero-order chi connectivity index (χ0) is 34.3. The van der Waals surface area contributed by atoms with Gasteiger partial charge in [0.2, 0.25) is 17.7 Å². The van der Waals surface area contributed by atoms with E-state index >= 15 is 0 Å². The Balaban J connectivity index is 1.15. The highest BCUT2D eigenvalue weighted by Crippen LogP contribution is 2.26. The predicted molar refractivity (Wildman–Crippen MR) is 195 cm³/mol. The minimum atomic E-state index is -0.808. The van der Waals surface area contributed by atoms with E-state index in [1.165, 1.54) is 0 Å². The lowest BCUT2D eigenvalue weighted by atomic mass is 9.93. The molecule has 3 aliphatic rings. The van der Waals surface area contributed by atoms with E-state index in [1.54, 1.807) is 4.90 Å². The standard InChI is InChI=1S/C41H47N5O4/c47-39-38(28-45(26-30-18-21-42-22-19-30)40(48)34-9-6-20-43-25-34)46(27-29-13-16-36(17-14-29)50-35-10-2-1-3-11-35)41(49)37(44-39)24-31-12-15-32-7-4-5-8-33(32)23-31/h1-5,7-8,10-17,23,30,34,37-38,42-43H,6,9,18-22,24-28H2,(H,44,47)/t34?,37-,38-/m0/s1. The molecule has 3 fully saturated rings. The molecule has 1 unspecified atom stereocenters. The first-order valence-corrected chi connectivity index (χ1v) is 18.1. The smallest absolute Gasteiger partial charge is 0.246 e. The Bertz CT molecular complexity index is 1770. The summed E-state index contributed by atoms with van der Waals surface area (Å²) in [6.07, 6.45) is 4.13. The lowest BCUT2D eigenvalue weighted by Crippen LogP contribution is -2.66. The maximum Gasteiger partial charge on any atom is 0.246 e. The molecule has 3 aliphatic heterocycles. The van der Waals surface area contributed by atoms with Gasteiger partial charge < -0.3 is 30.5 Å². The molecule has 4 aromatic rings. The number of carbonyl (C=O) groups excluding carboxylic acids is 3. The van der Waals surface area contributed by atoms with Crippen LogP contribution < -0.4 is 20.7 Å². The van der Waals surface area contributed by atoms with Crippen LogP contribution in [0.5, 0.6) is 11.5 Å². The number of nitrogens with one attached hydrogen (secondary N) is 3. The molecule has 3 saturated heterocycles. The molecule has 0 saturated carbocycles. The van der Waals surface area contributed by atoms with E-state index in [2.05, 4.69) is 40.2 Å². The fourth-order valence-electron chi connectivity index (χ4n) is 7.58.